The minimum atomic E-state index is 0.557. The largest absolute Gasteiger partial charge is 0.438 e. The summed E-state index contributed by atoms with van der Waals surface area (Å²) in [5, 5.41) is 5.41. The number of furan rings is 1. The van der Waals surface area contributed by atoms with Gasteiger partial charge in [-0.2, -0.15) is 0 Å². The highest BCUT2D eigenvalue weighted by Gasteiger charge is 2.21. The van der Waals surface area contributed by atoms with Crippen molar-refractivity contribution in [3.05, 3.63) is 279 Å². The van der Waals surface area contributed by atoms with E-state index in [1.54, 1.807) is 11.3 Å². The Bertz CT molecular complexity index is 5590. The van der Waals surface area contributed by atoms with Gasteiger partial charge in [0.1, 0.15) is 5.58 Å². The van der Waals surface area contributed by atoms with Gasteiger partial charge in [-0.3, -0.25) is 0 Å². The summed E-state index contributed by atoms with van der Waals surface area (Å²) >= 11 is 1.78. The Morgan fingerprint density at radius 1 is 0.250 bits per heavy atom. The van der Waals surface area contributed by atoms with E-state index >= 15 is 0 Å². The fraction of sp³-hybridized carbons (Fsp3) is 0. The van der Waals surface area contributed by atoms with Crippen LogP contribution in [0, 0.1) is 0 Å². The van der Waals surface area contributed by atoms with Gasteiger partial charge in [-0.05, 0) is 99.6 Å². The molecule has 0 bridgehead atoms. The highest BCUT2D eigenvalue weighted by atomic mass is 32.1. The van der Waals surface area contributed by atoms with Crippen molar-refractivity contribution in [2.75, 3.05) is 0 Å². The normalized spacial score (nSPS) is 11.6. The third kappa shape index (κ3) is 9.19. The molecule has 17 rings (SSSR count). The summed E-state index contributed by atoms with van der Waals surface area (Å²) < 4.78 is 8.80. The predicted molar refractivity (Wildman–Crippen MR) is 358 cm³/mol. The second-order valence-electron chi connectivity index (χ2n) is 21.9. The first-order valence-electron chi connectivity index (χ1n) is 29.1. The Morgan fingerprint density at radius 3 is 1.26 bits per heavy atom. The summed E-state index contributed by atoms with van der Waals surface area (Å²) in [5.41, 5.74) is 18.0. The summed E-state index contributed by atoms with van der Waals surface area (Å²) in [7, 11) is 0. The van der Waals surface area contributed by atoms with E-state index in [1.807, 2.05) is 91.0 Å². The molecule has 0 N–H and O–H groups in total. The Balaban J connectivity index is 0.704. The summed E-state index contributed by atoms with van der Waals surface area (Å²) in [6.07, 6.45) is 0. The number of thiophene rings is 1. The number of pyridine rings is 2. The maximum Gasteiger partial charge on any atom is 0.228 e. The second-order valence-corrected chi connectivity index (χ2v) is 23.0. The fourth-order valence-corrected chi connectivity index (χ4v) is 13.1. The Labute approximate surface area is 508 Å². The van der Waals surface area contributed by atoms with E-state index in [9.17, 15) is 0 Å². The molecule has 0 aliphatic heterocycles. The minimum Gasteiger partial charge on any atom is -0.438 e. The molecule has 0 atom stereocenters. The average molecular weight is 1140 g/mol. The van der Waals surface area contributed by atoms with Gasteiger partial charge in [-0.15, -0.1) is 11.3 Å². The van der Waals surface area contributed by atoms with Gasteiger partial charge < -0.3 is 4.42 Å². The zero-order valence-electron chi connectivity index (χ0n) is 47.0. The highest BCUT2D eigenvalue weighted by Crippen LogP contribution is 2.43. The van der Waals surface area contributed by atoms with Crippen LogP contribution in [0.25, 0.3) is 177 Å². The summed E-state index contributed by atoms with van der Waals surface area (Å²) in [5.74, 6) is 3.45. The molecule has 0 aliphatic rings. The van der Waals surface area contributed by atoms with Crippen LogP contribution in [-0.2, 0) is 0 Å². The van der Waals surface area contributed by atoms with Crippen LogP contribution in [0.15, 0.2) is 283 Å². The van der Waals surface area contributed by atoms with Crippen molar-refractivity contribution in [2.45, 2.75) is 0 Å². The lowest BCUT2D eigenvalue weighted by molar-refractivity contribution is 0.656. The molecule has 0 amide bonds. The number of aromatic nitrogens is 8. The monoisotopic (exact) mass is 1140 g/mol. The van der Waals surface area contributed by atoms with Crippen LogP contribution in [0.4, 0.5) is 0 Å². The standard InChI is InChI=1S/C78H46N8OS/c1-3-17-48(18-4-1)72-81-74(50-37-35-47(36-38-50)55-39-40-64-60(45-55)46-68-71(79-64)63-31-9-12-34-67(63)88-68)85-75(82-72)57-26-15-23-53(43-57)54-24-16-28-59(44-54)77-84-73(49-19-5-2-6-20-49)83-76(86-77)58-27-14-22-52(42-58)51-21-13-25-56(41-51)69-61-29-7-10-32-65(61)80-78-70(69)62-30-8-11-33-66(62)87-78/h1-46H. The van der Waals surface area contributed by atoms with Crippen molar-refractivity contribution < 1.29 is 4.42 Å². The van der Waals surface area contributed by atoms with Gasteiger partial charge in [-0.25, -0.2) is 39.9 Å². The highest BCUT2D eigenvalue weighted by molar-refractivity contribution is 7.25. The molecule has 0 saturated heterocycles. The smallest absolute Gasteiger partial charge is 0.228 e. The predicted octanol–water partition coefficient (Wildman–Crippen LogP) is 20.1. The van der Waals surface area contributed by atoms with Crippen molar-refractivity contribution in [2.24, 2.45) is 0 Å². The van der Waals surface area contributed by atoms with Crippen LogP contribution in [0.2, 0.25) is 0 Å². The number of nitrogens with zero attached hydrogens (tertiary/aromatic N) is 8. The molecular formula is C78H46N8OS. The maximum absolute atomic E-state index is 6.36. The topological polar surface area (TPSA) is 116 Å². The van der Waals surface area contributed by atoms with Gasteiger partial charge in [0.25, 0.3) is 0 Å². The van der Waals surface area contributed by atoms with Crippen LogP contribution in [0.5, 0.6) is 0 Å². The van der Waals surface area contributed by atoms with E-state index in [0.29, 0.717) is 40.7 Å². The van der Waals surface area contributed by atoms with Gasteiger partial charge in [0.15, 0.2) is 34.9 Å². The molecule has 0 unspecified atom stereocenters. The quantitative estimate of drug-likeness (QED) is 0.132. The number of para-hydroxylation sites is 2. The first kappa shape index (κ1) is 50.8. The lowest BCUT2D eigenvalue weighted by atomic mass is 9.93. The van der Waals surface area contributed by atoms with Gasteiger partial charge in [0, 0.05) is 65.2 Å². The average Bonchev–Trinajstić information content (AvgIpc) is 2.56. The van der Waals surface area contributed by atoms with Crippen molar-refractivity contribution in [3.63, 3.8) is 0 Å². The summed E-state index contributed by atoms with van der Waals surface area (Å²) in [4.78, 5) is 41.0. The molecule has 10 heteroatoms. The molecule has 9 nitrogen and oxygen atoms in total. The number of hydrogen-bond donors (Lipinski definition) is 0. The van der Waals surface area contributed by atoms with E-state index in [1.165, 1.54) is 14.8 Å². The Hall–Kier alpha value is -11.7. The van der Waals surface area contributed by atoms with Crippen LogP contribution in [0.1, 0.15) is 0 Å². The molecular weight excluding hydrogens is 1100 g/mol. The molecule has 0 radical (unpaired) electrons. The minimum absolute atomic E-state index is 0.557. The Kier molecular flexibility index (Phi) is 12.2. The van der Waals surface area contributed by atoms with Crippen molar-refractivity contribution >= 4 is 75.5 Å². The third-order valence-corrected chi connectivity index (χ3v) is 17.5. The molecule has 0 aliphatic carbocycles. The number of benzene rings is 11. The number of fused-ring (bicyclic) bond motifs is 8. The van der Waals surface area contributed by atoms with E-state index in [-0.39, 0.29) is 0 Å². The van der Waals surface area contributed by atoms with Gasteiger partial charge in [-0.1, -0.05) is 218 Å². The van der Waals surface area contributed by atoms with Crippen molar-refractivity contribution in [3.8, 4) is 113 Å². The van der Waals surface area contributed by atoms with E-state index in [0.717, 1.165) is 122 Å². The molecule has 410 valence electrons. The SMILES string of the molecule is c1ccc(-c2nc(-c3ccc(-c4ccc5nc6c(cc5c4)sc4ccccc46)cc3)nc(-c3cccc(-c4cccc(-c5nc(-c6ccccc6)nc(-c6cccc(-c7cccc(-c8c9ccccc9nc9oc%10ccccc%10c89)c7)c6)n5)c4)c3)n2)cc1. The third-order valence-electron chi connectivity index (χ3n) is 16.4. The molecule has 6 aromatic heterocycles. The summed E-state index contributed by atoms with van der Waals surface area (Å²) in [6, 6.07) is 96.2. The van der Waals surface area contributed by atoms with Crippen LogP contribution in [0.3, 0.4) is 0 Å². The van der Waals surface area contributed by atoms with Crippen molar-refractivity contribution in [1.29, 1.82) is 0 Å². The van der Waals surface area contributed by atoms with Crippen molar-refractivity contribution in [1.82, 2.24) is 39.9 Å². The van der Waals surface area contributed by atoms with Gasteiger partial charge >= 0.3 is 0 Å². The number of hydrogen-bond acceptors (Lipinski definition) is 10. The molecule has 0 saturated carbocycles. The fourth-order valence-electron chi connectivity index (χ4n) is 12.0. The second kappa shape index (κ2) is 21.1. The lowest BCUT2D eigenvalue weighted by Crippen LogP contribution is -2.00. The molecule has 17 aromatic rings. The Morgan fingerprint density at radius 2 is 0.670 bits per heavy atom. The van der Waals surface area contributed by atoms with Crippen LogP contribution in [-0.4, -0.2) is 39.9 Å². The maximum atomic E-state index is 6.36. The molecule has 88 heavy (non-hydrogen) atoms. The summed E-state index contributed by atoms with van der Waals surface area (Å²) in [6.45, 7) is 0. The molecule has 11 aromatic carbocycles. The van der Waals surface area contributed by atoms with E-state index < -0.39 is 0 Å². The lowest BCUT2D eigenvalue weighted by Gasteiger charge is -2.12. The number of rotatable bonds is 10. The van der Waals surface area contributed by atoms with Crippen LogP contribution >= 0.6 is 11.3 Å². The van der Waals surface area contributed by atoms with Crippen LogP contribution < -0.4 is 0 Å². The zero-order valence-corrected chi connectivity index (χ0v) is 47.8. The zero-order chi connectivity index (χ0) is 58.1. The first-order chi connectivity index (χ1) is 43.5. The van der Waals surface area contributed by atoms with Gasteiger partial charge in [0.05, 0.1) is 26.6 Å². The molecule has 6 heterocycles. The van der Waals surface area contributed by atoms with E-state index in [4.69, 9.17) is 44.3 Å². The van der Waals surface area contributed by atoms with E-state index in [2.05, 4.69) is 188 Å². The van der Waals surface area contributed by atoms with Gasteiger partial charge in [0.2, 0.25) is 5.71 Å². The molecule has 0 fully saturated rings. The first-order valence-corrected chi connectivity index (χ1v) is 29.9. The molecule has 0 spiro atoms.